The van der Waals surface area contributed by atoms with Crippen molar-refractivity contribution in [3.8, 4) is 0 Å². The number of ether oxygens (including phenoxy) is 1. The van der Waals surface area contributed by atoms with Gasteiger partial charge in [-0.2, -0.15) is 0 Å². The molecule has 3 rings (SSSR count). The number of nitro groups is 1. The normalized spacial score (nSPS) is 20.2. The lowest BCUT2D eigenvalue weighted by molar-refractivity contribution is -0.770. The molecule has 0 aliphatic carbocycles. The van der Waals surface area contributed by atoms with Crippen LogP contribution in [0.3, 0.4) is 0 Å². The van der Waals surface area contributed by atoms with Gasteiger partial charge in [0.25, 0.3) is 5.69 Å². The molecule has 0 fully saturated rings. The number of non-ortho nitro benzene ring substituents is 1. The van der Waals surface area contributed by atoms with Crippen LogP contribution in [0.4, 0.5) is 5.69 Å². The van der Waals surface area contributed by atoms with Crippen LogP contribution in [0.2, 0.25) is 0 Å². The van der Waals surface area contributed by atoms with Crippen LogP contribution < -0.4 is 10.3 Å². The van der Waals surface area contributed by atoms with Gasteiger partial charge in [0, 0.05) is 18.6 Å². The van der Waals surface area contributed by atoms with Gasteiger partial charge >= 0.3 is 11.3 Å². The van der Waals surface area contributed by atoms with Crippen LogP contribution in [0.1, 0.15) is 50.5 Å². The quantitative estimate of drug-likeness (QED) is 0.473. The molecular weight excluding hydrogens is 342 g/mol. The molecule has 1 aliphatic rings. The number of fused-ring (bicyclic) bond motifs is 1. The summed E-state index contributed by atoms with van der Waals surface area (Å²) >= 11 is 0. The number of rotatable bonds is 5. The van der Waals surface area contributed by atoms with Gasteiger partial charge in [-0.3, -0.25) is 14.6 Å². The fourth-order valence-electron chi connectivity index (χ4n) is 3.37. The molecule has 0 amide bonds. The molecule has 0 saturated carbocycles. The number of hydrogen-bond donors (Lipinski definition) is 2. The maximum absolute atomic E-state index is 11.9. The van der Waals surface area contributed by atoms with Gasteiger partial charge in [-0.1, -0.05) is 4.68 Å². The first-order valence-electron chi connectivity index (χ1n) is 8.50. The Hall–Kier alpha value is -2.52. The van der Waals surface area contributed by atoms with E-state index in [2.05, 4.69) is 5.27 Å². The van der Waals surface area contributed by atoms with Crippen molar-refractivity contribution in [3.63, 3.8) is 0 Å². The van der Waals surface area contributed by atoms with E-state index in [-0.39, 0.29) is 11.8 Å². The van der Waals surface area contributed by atoms with Crippen LogP contribution in [0.15, 0.2) is 33.6 Å². The average molecular weight is 364 g/mol. The molecule has 2 heterocycles. The lowest BCUT2D eigenvalue weighted by atomic mass is 10.0. The van der Waals surface area contributed by atoms with Crippen molar-refractivity contribution in [1.82, 2.24) is 5.27 Å². The largest absolute Gasteiger partial charge is 0.433 e. The first kappa shape index (κ1) is 18.3. The van der Waals surface area contributed by atoms with Crippen molar-refractivity contribution >= 4 is 5.69 Å². The van der Waals surface area contributed by atoms with Gasteiger partial charge in [0.05, 0.1) is 17.1 Å². The van der Waals surface area contributed by atoms with Crippen LogP contribution in [0.25, 0.3) is 0 Å². The number of nitrogens with zero attached hydrogens (tertiary/aromatic N) is 2. The first-order chi connectivity index (χ1) is 12.3. The summed E-state index contributed by atoms with van der Waals surface area (Å²) < 4.78 is 12.6. The fourth-order valence-corrected chi connectivity index (χ4v) is 3.37. The summed E-state index contributed by atoms with van der Waals surface area (Å²) in [5, 5.41) is 23.6. The summed E-state index contributed by atoms with van der Waals surface area (Å²) in [6.45, 7) is 4.19. The van der Waals surface area contributed by atoms with Gasteiger partial charge in [0.2, 0.25) is 0 Å². The maximum atomic E-state index is 11.9. The SMILES string of the molecule is CC1(C)OC(CCC(O)c2ccc([N+](=O)[O-])cc2)CC[n+]2[nH]oc(=O)c21. The van der Waals surface area contributed by atoms with Crippen molar-refractivity contribution in [1.29, 1.82) is 0 Å². The summed E-state index contributed by atoms with van der Waals surface area (Å²) in [6.07, 6.45) is 0.847. The molecule has 0 spiro atoms. The predicted octanol–water partition coefficient (Wildman–Crippen LogP) is 1.70. The molecule has 140 valence electrons. The second-order valence-corrected chi connectivity index (χ2v) is 6.96. The second-order valence-electron chi connectivity index (χ2n) is 6.96. The summed E-state index contributed by atoms with van der Waals surface area (Å²) in [4.78, 5) is 22.1. The van der Waals surface area contributed by atoms with E-state index in [0.29, 0.717) is 37.1 Å². The van der Waals surface area contributed by atoms with Crippen molar-refractivity contribution < 1.29 is 24.0 Å². The van der Waals surface area contributed by atoms with E-state index in [4.69, 9.17) is 9.26 Å². The smallest absolute Gasteiger partial charge is 0.388 e. The van der Waals surface area contributed by atoms with Gasteiger partial charge in [0.15, 0.2) is 12.1 Å². The number of aromatic nitrogens is 2. The number of benzene rings is 1. The minimum Gasteiger partial charge on any atom is -0.388 e. The van der Waals surface area contributed by atoms with E-state index in [1.807, 2.05) is 13.8 Å². The average Bonchev–Trinajstić information content (AvgIpc) is 2.92. The number of H-pyrrole nitrogens is 1. The Bertz CT molecular complexity index is 839. The third-order valence-corrected chi connectivity index (χ3v) is 4.67. The summed E-state index contributed by atoms with van der Waals surface area (Å²) in [7, 11) is 0. The van der Waals surface area contributed by atoms with E-state index in [9.17, 15) is 20.0 Å². The molecule has 1 aromatic heterocycles. The van der Waals surface area contributed by atoms with E-state index in [1.54, 1.807) is 16.8 Å². The standard InChI is InChI=1S/C17H21N3O6/c1-17(2)15-16(22)26-18-19(15)10-9-13(25-17)7-8-14(21)11-3-5-12(6-4-11)20(23)24/h3-6,13-14,21H,7-10H2,1-2H3/p+1. The predicted molar refractivity (Wildman–Crippen MR) is 89.3 cm³/mol. The lowest BCUT2D eigenvalue weighted by Crippen LogP contribution is -2.45. The summed E-state index contributed by atoms with van der Waals surface area (Å²) in [5.41, 5.74) is -0.187. The molecule has 0 saturated heterocycles. The van der Waals surface area contributed by atoms with Crippen molar-refractivity contribution in [2.24, 2.45) is 0 Å². The molecule has 2 unspecified atom stereocenters. The second kappa shape index (κ2) is 7.00. The Kier molecular flexibility index (Phi) is 4.92. The van der Waals surface area contributed by atoms with Crippen molar-refractivity contribution in [2.45, 2.75) is 57.5 Å². The van der Waals surface area contributed by atoms with Crippen molar-refractivity contribution in [3.05, 3.63) is 56.1 Å². The Morgan fingerprint density at radius 1 is 1.42 bits per heavy atom. The number of nitrogens with one attached hydrogen (secondary N) is 1. The minimum absolute atomic E-state index is 0.00759. The molecule has 9 nitrogen and oxygen atoms in total. The zero-order valence-electron chi connectivity index (χ0n) is 14.7. The van der Waals surface area contributed by atoms with E-state index < -0.39 is 22.3 Å². The van der Waals surface area contributed by atoms with E-state index in [0.717, 1.165) is 0 Å². The molecule has 0 radical (unpaired) electrons. The Balaban J connectivity index is 1.63. The zero-order valence-corrected chi connectivity index (χ0v) is 14.7. The Morgan fingerprint density at radius 3 is 2.77 bits per heavy atom. The molecule has 0 bridgehead atoms. The van der Waals surface area contributed by atoms with Gasteiger partial charge in [0.1, 0.15) is 0 Å². The highest BCUT2D eigenvalue weighted by molar-refractivity contribution is 5.33. The topological polar surface area (TPSA) is 122 Å². The number of aromatic amines is 1. The first-order valence-corrected chi connectivity index (χ1v) is 8.50. The van der Waals surface area contributed by atoms with Gasteiger partial charge in [-0.05, 0) is 49.7 Å². The van der Waals surface area contributed by atoms with Crippen LogP contribution in [-0.4, -0.2) is 21.4 Å². The number of aliphatic hydroxyl groups is 1. The number of aryl methyl sites for hydroxylation is 1. The van der Waals surface area contributed by atoms with Gasteiger partial charge in [-0.25, -0.2) is 4.79 Å². The molecule has 9 heteroatoms. The molecule has 26 heavy (non-hydrogen) atoms. The molecule has 2 atom stereocenters. The monoisotopic (exact) mass is 364 g/mol. The third-order valence-electron chi connectivity index (χ3n) is 4.67. The molecular formula is C17H22N3O6+. The van der Waals surface area contributed by atoms with Gasteiger partial charge in [-0.15, -0.1) is 0 Å². The molecule has 2 aromatic rings. The lowest BCUT2D eigenvalue weighted by Gasteiger charge is -2.24. The Morgan fingerprint density at radius 2 is 2.12 bits per heavy atom. The summed E-state index contributed by atoms with van der Waals surface area (Å²) in [5.74, 6) is 0. The zero-order chi connectivity index (χ0) is 18.9. The molecule has 2 N–H and O–H groups in total. The van der Waals surface area contributed by atoms with Crippen LogP contribution >= 0.6 is 0 Å². The maximum Gasteiger partial charge on any atom is 0.433 e. The van der Waals surface area contributed by atoms with Crippen LogP contribution in [0, 0.1) is 10.1 Å². The van der Waals surface area contributed by atoms with Gasteiger partial charge < -0.3 is 9.84 Å². The number of aliphatic hydroxyl groups excluding tert-OH is 1. The minimum atomic E-state index is -0.805. The van der Waals surface area contributed by atoms with Crippen molar-refractivity contribution in [2.75, 3.05) is 0 Å². The highest BCUT2D eigenvalue weighted by Crippen LogP contribution is 2.29. The molecule has 1 aromatic carbocycles. The highest BCUT2D eigenvalue weighted by Gasteiger charge is 2.43. The number of nitro benzene ring substituents is 1. The van der Waals surface area contributed by atoms with E-state index in [1.165, 1.54) is 12.1 Å². The number of hydrogen-bond acceptors (Lipinski definition) is 6. The summed E-state index contributed by atoms with van der Waals surface area (Å²) in [6, 6.07) is 5.89. The van der Waals surface area contributed by atoms with Crippen LogP contribution in [0.5, 0.6) is 0 Å². The third kappa shape index (κ3) is 3.68. The molecule has 1 aliphatic heterocycles. The Labute approximate surface area is 149 Å². The van der Waals surface area contributed by atoms with E-state index >= 15 is 0 Å². The van der Waals surface area contributed by atoms with Crippen LogP contribution in [-0.2, 0) is 16.9 Å². The highest BCUT2D eigenvalue weighted by atomic mass is 16.6. The fraction of sp³-hybridized carbons (Fsp3) is 0.529.